The topological polar surface area (TPSA) is 83.6 Å². The van der Waals surface area contributed by atoms with Gasteiger partial charge in [0.25, 0.3) is 0 Å². The van der Waals surface area contributed by atoms with E-state index in [1.807, 2.05) is 31.2 Å². The van der Waals surface area contributed by atoms with Gasteiger partial charge < -0.3 is 10.3 Å². The lowest BCUT2D eigenvalue weighted by Gasteiger charge is -2.57. The van der Waals surface area contributed by atoms with Gasteiger partial charge >= 0.3 is 0 Å². The third-order valence-corrected chi connectivity index (χ3v) is 8.13. The zero-order valence-electron chi connectivity index (χ0n) is 16.5. The molecule has 0 spiro atoms. The SMILES string of the molecule is C[C@@H](Sc1nnc2c(n1)[nH]c1ccccc12)C(=O)NC12CC3CC(CC(C3)C1)C2. The Morgan fingerprint density at radius 1 is 1.14 bits per heavy atom. The van der Waals surface area contributed by atoms with Gasteiger partial charge in [-0.15, -0.1) is 10.2 Å². The van der Waals surface area contributed by atoms with Gasteiger partial charge in [-0.1, -0.05) is 30.0 Å². The molecule has 1 atom stereocenters. The Hall–Kier alpha value is -2.15. The van der Waals surface area contributed by atoms with E-state index in [9.17, 15) is 4.79 Å². The second-order valence-corrected chi connectivity index (χ2v) is 10.7. The monoisotopic (exact) mass is 407 g/mol. The molecule has 6 nitrogen and oxygen atoms in total. The molecule has 4 aliphatic carbocycles. The molecule has 2 N–H and O–H groups in total. The standard InChI is InChI=1S/C22H25N5OS/c1-12(20(28)25-22-9-13-6-14(10-22)8-15(7-13)11-22)29-21-24-19-18(26-27-21)16-4-2-3-5-17(16)23-19/h2-5,12-15H,6-11H2,1H3,(H,25,28)(H,23,24,27)/t12-,13?,14?,15?,22?/m1/s1. The number of H-pyrrole nitrogens is 1. The Labute approximate surface area is 173 Å². The van der Waals surface area contributed by atoms with Crippen LogP contribution >= 0.6 is 11.8 Å². The van der Waals surface area contributed by atoms with Crippen LogP contribution in [0.5, 0.6) is 0 Å². The molecule has 150 valence electrons. The van der Waals surface area contributed by atoms with Crippen molar-refractivity contribution in [3.63, 3.8) is 0 Å². The van der Waals surface area contributed by atoms with Crippen molar-refractivity contribution >= 4 is 39.7 Å². The van der Waals surface area contributed by atoms with E-state index in [-0.39, 0.29) is 16.7 Å². The number of hydrogen-bond acceptors (Lipinski definition) is 5. The summed E-state index contributed by atoms with van der Waals surface area (Å²) in [7, 11) is 0. The van der Waals surface area contributed by atoms with Crippen LogP contribution in [0.4, 0.5) is 0 Å². The average molecular weight is 408 g/mol. The van der Waals surface area contributed by atoms with Gasteiger partial charge in [-0.3, -0.25) is 4.79 Å². The largest absolute Gasteiger partial charge is 0.350 e. The van der Waals surface area contributed by atoms with Gasteiger partial charge in [0.15, 0.2) is 5.65 Å². The fraction of sp³-hybridized carbons (Fsp3) is 0.545. The summed E-state index contributed by atoms with van der Waals surface area (Å²) in [5, 5.41) is 13.4. The van der Waals surface area contributed by atoms with E-state index in [4.69, 9.17) is 0 Å². The predicted molar refractivity (Wildman–Crippen MR) is 114 cm³/mol. The van der Waals surface area contributed by atoms with Crippen molar-refractivity contribution < 1.29 is 4.79 Å². The second-order valence-electron chi connectivity index (χ2n) is 9.41. The Kier molecular flexibility index (Phi) is 3.92. The Bertz CT molecular complexity index is 1070. The zero-order chi connectivity index (χ0) is 19.6. The first kappa shape index (κ1) is 17.7. The fourth-order valence-corrected chi connectivity index (χ4v) is 7.11. The van der Waals surface area contributed by atoms with Gasteiger partial charge in [0.2, 0.25) is 11.1 Å². The first-order chi connectivity index (χ1) is 14.1. The number of nitrogens with zero attached hydrogens (tertiary/aromatic N) is 3. The molecule has 4 saturated carbocycles. The number of benzene rings is 1. The highest BCUT2D eigenvalue weighted by molar-refractivity contribution is 8.00. The van der Waals surface area contributed by atoms with Crippen LogP contribution in [0.2, 0.25) is 0 Å². The van der Waals surface area contributed by atoms with Crippen LogP contribution in [0.25, 0.3) is 22.1 Å². The summed E-state index contributed by atoms with van der Waals surface area (Å²) in [6.45, 7) is 1.94. The highest BCUT2D eigenvalue weighted by Crippen LogP contribution is 2.55. The Balaban J connectivity index is 1.19. The molecule has 29 heavy (non-hydrogen) atoms. The number of thioether (sulfide) groups is 1. The Morgan fingerprint density at radius 3 is 2.55 bits per heavy atom. The minimum atomic E-state index is -0.244. The van der Waals surface area contributed by atoms with Crippen molar-refractivity contribution in [1.82, 2.24) is 25.5 Å². The third-order valence-electron chi connectivity index (χ3n) is 7.18. The van der Waals surface area contributed by atoms with Crippen LogP contribution < -0.4 is 5.32 Å². The summed E-state index contributed by atoms with van der Waals surface area (Å²) in [6, 6.07) is 7.99. The average Bonchev–Trinajstić information content (AvgIpc) is 3.04. The molecule has 4 aliphatic rings. The summed E-state index contributed by atoms with van der Waals surface area (Å²) in [4.78, 5) is 20.9. The molecule has 0 radical (unpaired) electrons. The summed E-state index contributed by atoms with van der Waals surface area (Å²) in [5.74, 6) is 2.57. The number of carbonyl (C=O) groups excluding carboxylic acids is 1. The maximum Gasteiger partial charge on any atom is 0.233 e. The van der Waals surface area contributed by atoms with E-state index in [1.165, 1.54) is 50.3 Å². The number of rotatable bonds is 4. The second kappa shape index (κ2) is 6.42. The van der Waals surface area contributed by atoms with Crippen LogP contribution in [-0.4, -0.2) is 36.9 Å². The normalized spacial score (nSPS) is 31.4. The predicted octanol–water partition coefficient (Wildman–Crippen LogP) is 4.07. The molecule has 4 bridgehead atoms. The van der Waals surface area contributed by atoms with Crippen molar-refractivity contribution in [1.29, 1.82) is 0 Å². The molecule has 1 aromatic carbocycles. The van der Waals surface area contributed by atoms with Gasteiger partial charge in [0.05, 0.1) is 5.25 Å². The number of nitrogens with one attached hydrogen (secondary N) is 2. The van der Waals surface area contributed by atoms with Crippen LogP contribution in [0, 0.1) is 17.8 Å². The van der Waals surface area contributed by atoms with Crippen molar-refractivity contribution in [2.24, 2.45) is 17.8 Å². The summed E-state index contributed by atoms with van der Waals surface area (Å²) in [6.07, 6.45) is 7.64. The number of aromatic amines is 1. The van der Waals surface area contributed by atoms with Crippen LogP contribution in [0.1, 0.15) is 45.4 Å². The number of fused-ring (bicyclic) bond motifs is 3. The van der Waals surface area contributed by atoms with Crippen LogP contribution in [0.3, 0.4) is 0 Å². The van der Waals surface area contributed by atoms with Crippen molar-refractivity contribution in [3.05, 3.63) is 24.3 Å². The van der Waals surface area contributed by atoms with Crippen molar-refractivity contribution in [2.45, 2.75) is 61.4 Å². The number of para-hydroxylation sites is 1. The molecule has 7 rings (SSSR count). The summed E-state index contributed by atoms with van der Waals surface area (Å²) in [5.41, 5.74) is 2.54. The fourth-order valence-electron chi connectivity index (χ4n) is 6.39. The lowest BCUT2D eigenvalue weighted by atomic mass is 9.53. The van der Waals surface area contributed by atoms with Crippen molar-refractivity contribution in [3.8, 4) is 0 Å². The molecule has 1 amide bonds. The summed E-state index contributed by atoms with van der Waals surface area (Å²) < 4.78 is 0. The maximum absolute atomic E-state index is 13.0. The number of amides is 1. The molecule has 0 saturated heterocycles. The van der Waals surface area contributed by atoms with Crippen LogP contribution in [-0.2, 0) is 4.79 Å². The van der Waals surface area contributed by atoms with E-state index in [2.05, 4.69) is 25.5 Å². The zero-order valence-corrected chi connectivity index (χ0v) is 17.3. The molecule has 3 aromatic rings. The van der Waals surface area contributed by atoms with Crippen molar-refractivity contribution in [2.75, 3.05) is 0 Å². The lowest BCUT2D eigenvalue weighted by Crippen LogP contribution is -2.60. The van der Waals surface area contributed by atoms with Gasteiger partial charge in [-0.05, 0) is 69.3 Å². The quantitative estimate of drug-likeness (QED) is 0.637. The lowest BCUT2D eigenvalue weighted by molar-refractivity contribution is -0.126. The summed E-state index contributed by atoms with van der Waals surface area (Å²) >= 11 is 1.39. The third kappa shape index (κ3) is 3.01. The van der Waals surface area contributed by atoms with E-state index in [1.54, 1.807) is 0 Å². The van der Waals surface area contributed by atoms with E-state index in [0.717, 1.165) is 39.8 Å². The molecular formula is C22H25N5OS. The Morgan fingerprint density at radius 2 is 1.83 bits per heavy atom. The molecule has 4 fully saturated rings. The van der Waals surface area contributed by atoms with Gasteiger partial charge in [-0.25, -0.2) is 4.98 Å². The van der Waals surface area contributed by atoms with E-state index < -0.39 is 0 Å². The molecule has 0 unspecified atom stereocenters. The van der Waals surface area contributed by atoms with Gasteiger partial charge in [0, 0.05) is 16.4 Å². The smallest absolute Gasteiger partial charge is 0.233 e. The minimum absolute atomic E-state index is 0.0426. The van der Waals surface area contributed by atoms with Gasteiger partial charge in [-0.2, -0.15) is 0 Å². The first-order valence-corrected chi connectivity index (χ1v) is 11.5. The van der Waals surface area contributed by atoms with Crippen LogP contribution in [0.15, 0.2) is 29.4 Å². The van der Waals surface area contributed by atoms with Gasteiger partial charge in [0.1, 0.15) is 5.52 Å². The molecule has 7 heteroatoms. The number of carbonyl (C=O) groups is 1. The number of hydrogen-bond donors (Lipinski definition) is 2. The number of aromatic nitrogens is 4. The molecule has 2 aromatic heterocycles. The van der Waals surface area contributed by atoms with E-state index >= 15 is 0 Å². The maximum atomic E-state index is 13.0. The minimum Gasteiger partial charge on any atom is -0.350 e. The molecule has 2 heterocycles. The molecule has 0 aliphatic heterocycles. The highest BCUT2D eigenvalue weighted by Gasteiger charge is 2.51. The highest BCUT2D eigenvalue weighted by atomic mass is 32.2. The first-order valence-electron chi connectivity index (χ1n) is 10.7. The molecular weight excluding hydrogens is 382 g/mol. The van der Waals surface area contributed by atoms with E-state index in [0.29, 0.717) is 5.16 Å².